The minimum Gasteiger partial charge on any atom is -0.493 e. The molecule has 0 aromatic heterocycles. The molecule has 0 radical (unpaired) electrons. The van der Waals surface area contributed by atoms with Crippen LogP contribution in [0.3, 0.4) is 0 Å². The standard InChI is InChI=1S/C13H14ClNO2/c14-13-7-12(2-1-11(13)8-15)17-9-10-3-5-16-6-4-10/h1-2,7,10H,3-6,9H2. The monoisotopic (exact) mass is 251 g/mol. The van der Waals surface area contributed by atoms with Gasteiger partial charge in [0.25, 0.3) is 0 Å². The van der Waals surface area contributed by atoms with Crippen molar-refractivity contribution in [3.63, 3.8) is 0 Å². The molecule has 1 fully saturated rings. The van der Waals surface area contributed by atoms with Crippen LogP contribution in [-0.2, 0) is 4.74 Å². The van der Waals surface area contributed by atoms with E-state index in [1.54, 1.807) is 18.2 Å². The van der Waals surface area contributed by atoms with E-state index >= 15 is 0 Å². The molecular weight excluding hydrogens is 238 g/mol. The zero-order valence-electron chi connectivity index (χ0n) is 9.49. The van der Waals surface area contributed by atoms with Gasteiger partial charge in [0.1, 0.15) is 11.8 Å². The van der Waals surface area contributed by atoms with Gasteiger partial charge in [-0.25, -0.2) is 0 Å². The predicted octanol–water partition coefficient (Wildman–Crippen LogP) is 3.02. The quantitative estimate of drug-likeness (QED) is 0.829. The number of benzene rings is 1. The van der Waals surface area contributed by atoms with Gasteiger partial charge in [-0.3, -0.25) is 0 Å². The van der Waals surface area contributed by atoms with E-state index in [1.807, 2.05) is 6.07 Å². The Morgan fingerprint density at radius 2 is 2.18 bits per heavy atom. The molecule has 0 atom stereocenters. The van der Waals surface area contributed by atoms with Gasteiger partial charge in [-0.15, -0.1) is 0 Å². The molecule has 1 aromatic carbocycles. The van der Waals surface area contributed by atoms with Crippen LogP contribution < -0.4 is 4.74 Å². The molecule has 0 bridgehead atoms. The van der Waals surface area contributed by atoms with Gasteiger partial charge in [0.05, 0.1) is 17.2 Å². The number of nitrogens with zero attached hydrogens (tertiary/aromatic N) is 1. The lowest BCUT2D eigenvalue weighted by molar-refractivity contribution is 0.0497. The molecule has 0 amide bonds. The van der Waals surface area contributed by atoms with Crippen LogP contribution in [0.4, 0.5) is 0 Å². The lowest BCUT2D eigenvalue weighted by atomic mass is 10.0. The van der Waals surface area contributed by atoms with E-state index in [9.17, 15) is 0 Å². The summed E-state index contributed by atoms with van der Waals surface area (Å²) in [7, 11) is 0. The van der Waals surface area contributed by atoms with Crippen LogP contribution in [0, 0.1) is 17.2 Å². The second kappa shape index (κ2) is 5.90. The van der Waals surface area contributed by atoms with E-state index in [0.29, 0.717) is 23.1 Å². The van der Waals surface area contributed by atoms with Crippen molar-refractivity contribution in [2.24, 2.45) is 5.92 Å². The molecule has 17 heavy (non-hydrogen) atoms. The zero-order valence-corrected chi connectivity index (χ0v) is 10.2. The van der Waals surface area contributed by atoms with Crippen molar-refractivity contribution in [3.8, 4) is 11.8 Å². The first kappa shape index (κ1) is 12.2. The Balaban J connectivity index is 1.90. The minimum absolute atomic E-state index is 0.442. The van der Waals surface area contributed by atoms with Crippen molar-refractivity contribution in [1.29, 1.82) is 5.26 Å². The maximum absolute atomic E-state index is 8.75. The van der Waals surface area contributed by atoms with E-state index in [0.717, 1.165) is 31.8 Å². The lowest BCUT2D eigenvalue weighted by Crippen LogP contribution is -2.21. The first-order valence-corrected chi connectivity index (χ1v) is 6.07. The molecule has 0 spiro atoms. The van der Waals surface area contributed by atoms with Crippen LogP contribution in [0.2, 0.25) is 5.02 Å². The summed E-state index contributed by atoms with van der Waals surface area (Å²) >= 11 is 5.93. The third kappa shape index (κ3) is 3.36. The van der Waals surface area contributed by atoms with Crippen molar-refractivity contribution in [2.75, 3.05) is 19.8 Å². The molecule has 3 nitrogen and oxygen atoms in total. The van der Waals surface area contributed by atoms with Gasteiger partial charge in [-0.05, 0) is 30.9 Å². The first-order chi connectivity index (χ1) is 8.29. The number of hydrogen-bond donors (Lipinski definition) is 0. The number of halogens is 1. The summed E-state index contributed by atoms with van der Waals surface area (Å²) in [6.07, 6.45) is 2.09. The van der Waals surface area contributed by atoms with Gasteiger partial charge < -0.3 is 9.47 Å². The second-order valence-electron chi connectivity index (χ2n) is 4.12. The fourth-order valence-electron chi connectivity index (χ4n) is 1.80. The summed E-state index contributed by atoms with van der Waals surface area (Å²) in [6, 6.07) is 7.18. The van der Waals surface area contributed by atoms with Gasteiger partial charge in [-0.1, -0.05) is 11.6 Å². The van der Waals surface area contributed by atoms with E-state index < -0.39 is 0 Å². The van der Waals surface area contributed by atoms with Crippen LogP contribution in [0.1, 0.15) is 18.4 Å². The summed E-state index contributed by atoms with van der Waals surface area (Å²) in [5, 5.41) is 9.20. The summed E-state index contributed by atoms with van der Waals surface area (Å²) in [4.78, 5) is 0. The van der Waals surface area contributed by atoms with Crippen molar-refractivity contribution in [2.45, 2.75) is 12.8 Å². The summed E-state index contributed by atoms with van der Waals surface area (Å²) < 4.78 is 11.0. The molecule has 2 rings (SSSR count). The Morgan fingerprint density at radius 3 is 2.82 bits per heavy atom. The summed E-state index contributed by atoms with van der Waals surface area (Å²) in [6.45, 7) is 2.33. The highest BCUT2D eigenvalue weighted by Crippen LogP contribution is 2.23. The molecule has 1 aromatic rings. The Hall–Kier alpha value is -1.24. The topological polar surface area (TPSA) is 42.2 Å². The molecule has 4 heteroatoms. The molecule has 90 valence electrons. The molecule has 1 aliphatic rings. The largest absolute Gasteiger partial charge is 0.493 e. The van der Waals surface area contributed by atoms with Crippen LogP contribution in [0.25, 0.3) is 0 Å². The highest BCUT2D eigenvalue weighted by molar-refractivity contribution is 6.31. The van der Waals surface area contributed by atoms with Crippen molar-refractivity contribution in [3.05, 3.63) is 28.8 Å². The number of hydrogen-bond acceptors (Lipinski definition) is 3. The summed E-state index contributed by atoms with van der Waals surface area (Å²) in [5.41, 5.74) is 0.477. The van der Waals surface area contributed by atoms with E-state index in [2.05, 4.69) is 0 Å². The van der Waals surface area contributed by atoms with Gasteiger partial charge in [0, 0.05) is 19.3 Å². The average Bonchev–Trinajstić information content (AvgIpc) is 2.38. The number of nitriles is 1. The summed E-state index contributed by atoms with van der Waals surface area (Å²) in [5.74, 6) is 1.28. The Bertz CT molecular complexity index is 422. The second-order valence-corrected chi connectivity index (χ2v) is 4.53. The molecule has 0 unspecified atom stereocenters. The van der Waals surface area contributed by atoms with Crippen LogP contribution in [0.15, 0.2) is 18.2 Å². The van der Waals surface area contributed by atoms with Crippen molar-refractivity contribution in [1.82, 2.24) is 0 Å². The lowest BCUT2D eigenvalue weighted by Gasteiger charge is -2.22. The van der Waals surface area contributed by atoms with Crippen molar-refractivity contribution < 1.29 is 9.47 Å². The molecule has 0 saturated carbocycles. The SMILES string of the molecule is N#Cc1ccc(OCC2CCOCC2)cc1Cl. The van der Waals surface area contributed by atoms with E-state index in [-0.39, 0.29) is 0 Å². The third-order valence-corrected chi connectivity index (χ3v) is 3.20. The normalized spacial score (nSPS) is 16.5. The molecule has 0 N–H and O–H groups in total. The first-order valence-electron chi connectivity index (χ1n) is 5.70. The van der Waals surface area contributed by atoms with Crippen LogP contribution in [0.5, 0.6) is 5.75 Å². The van der Waals surface area contributed by atoms with Crippen LogP contribution >= 0.6 is 11.6 Å². The maximum Gasteiger partial charge on any atom is 0.120 e. The predicted molar refractivity (Wildman–Crippen MR) is 65.2 cm³/mol. The average molecular weight is 252 g/mol. The molecule has 0 aliphatic carbocycles. The van der Waals surface area contributed by atoms with Gasteiger partial charge >= 0.3 is 0 Å². The smallest absolute Gasteiger partial charge is 0.120 e. The third-order valence-electron chi connectivity index (χ3n) is 2.89. The zero-order chi connectivity index (χ0) is 12.1. The van der Waals surface area contributed by atoms with E-state index in [1.165, 1.54) is 0 Å². The number of rotatable bonds is 3. The minimum atomic E-state index is 0.442. The molecular formula is C13H14ClNO2. The number of ether oxygens (including phenoxy) is 2. The van der Waals surface area contributed by atoms with Gasteiger partial charge in [0.2, 0.25) is 0 Å². The van der Waals surface area contributed by atoms with Gasteiger partial charge in [-0.2, -0.15) is 5.26 Å². The molecule has 1 saturated heterocycles. The maximum atomic E-state index is 8.75. The highest BCUT2D eigenvalue weighted by Gasteiger charge is 2.14. The van der Waals surface area contributed by atoms with Crippen LogP contribution in [-0.4, -0.2) is 19.8 Å². The van der Waals surface area contributed by atoms with E-state index in [4.69, 9.17) is 26.3 Å². The fraction of sp³-hybridized carbons (Fsp3) is 0.462. The Kier molecular flexibility index (Phi) is 4.24. The highest BCUT2D eigenvalue weighted by atomic mass is 35.5. The Morgan fingerprint density at radius 1 is 1.41 bits per heavy atom. The molecule has 1 heterocycles. The van der Waals surface area contributed by atoms with Crippen molar-refractivity contribution >= 4 is 11.6 Å². The Labute approximate surface area is 106 Å². The van der Waals surface area contributed by atoms with Gasteiger partial charge in [0.15, 0.2) is 0 Å². The molecule has 1 aliphatic heterocycles. The fourth-order valence-corrected chi connectivity index (χ4v) is 2.02.